The molecule has 4 heteroatoms. The van der Waals surface area contributed by atoms with Crippen LogP contribution in [0.4, 0.5) is 0 Å². The number of nitrogens with one attached hydrogen (secondary N) is 1. The van der Waals surface area contributed by atoms with E-state index in [-0.39, 0.29) is 18.0 Å². The number of carbonyl (C=O) groups is 1. The van der Waals surface area contributed by atoms with Crippen molar-refractivity contribution in [1.29, 1.82) is 0 Å². The van der Waals surface area contributed by atoms with Crippen molar-refractivity contribution in [2.45, 2.75) is 45.2 Å². The molecule has 23 heavy (non-hydrogen) atoms. The molecule has 0 aliphatic rings. The van der Waals surface area contributed by atoms with Crippen molar-refractivity contribution < 1.29 is 4.79 Å². The quantitative estimate of drug-likeness (QED) is 0.826. The van der Waals surface area contributed by atoms with E-state index in [1.807, 2.05) is 25.1 Å². The fraction of sp³-hybridized carbons (Fsp3) is 0.368. The molecule has 1 heterocycles. The largest absolute Gasteiger partial charge is 0.347 e. The lowest BCUT2D eigenvalue weighted by Gasteiger charge is -2.19. The minimum absolute atomic E-state index is 0.0186. The second-order valence-electron chi connectivity index (χ2n) is 6.08. The summed E-state index contributed by atoms with van der Waals surface area (Å²) in [6, 6.07) is 14.0. The fourth-order valence-electron chi connectivity index (χ4n) is 2.40. The smallest absolute Gasteiger partial charge is 0.220 e. The number of benzene rings is 1. The van der Waals surface area contributed by atoms with Gasteiger partial charge in [0.25, 0.3) is 0 Å². The Kier molecular flexibility index (Phi) is 6.29. The van der Waals surface area contributed by atoms with E-state index in [1.165, 1.54) is 11.1 Å². The van der Waals surface area contributed by atoms with E-state index in [1.54, 1.807) is 6.20 Å². The summed E-state index contributed by atoms with van der Waals surface area (Å²) in [5.74, 6) is 0.0186. The zero-order chi connectivity index (χ0) is 16.7. The van der Waals surface area contributed by atoms with Gasteiger partial charge in [0.15, 0.2) is 0 Å². The molecule has 0 aliphatic carbocycles. The molecule has 2 atom stereocenters. The van der Waals surface area contributed by atoms with Gasteiger partial charge in [-0.15, -0.1) is 0 Å². The van der Waals surface area contributed by atoms with Gasteiger partial charge in [-0.25, -0.2) is 0 Å². The van der Waals surface area contributed by atoms with Crippen molar-refractivity contribution in [3.05, 3.63) is 65.5 Å². The van der Waals surface area contributed by atoms with Gasteiger partial charge in [0.1, 0.15) is 0 Å². The highest BCUT2D eigenvalue weighted by atomic mass is 16.1. The molecule has 1 aromatic heterocycles. The van der Waals surface area contributed by atoms with E-state index in [9.17, 15) is 4.79 Å². The van der Waals surface area contributed by atoms with Crippen LogP contribution in [-0.4, -0.2) is 16.9 Å². The molecule has 2 rings (SSSR count). The summed E-state index contributed by atoms with van der Waals surface area (Å²) in [6.07, 6.45) is 3.60. The van der Waals surface area contributed by atoms with Crippen molar-refractivity contribution in [1.82, 2.24) is 10.3 Å². The number of nitrogens with zero attached hydrogens (tertiary/aromatic N) is 1. The average Bonchev–Trinajstić information content (AvgIpc) is 2.55. The standard InChI is InChI=1S/C19H25N3O/c1-14-6-9-16(10-7-14)13-18(17-5-3-4-12-21-17)22-19(23)11-8-15(2)20/h3-7,9-10,12,15,18H,8,11,13,20H2,1-2H3,(H,22,23). The second kappa shape index (κ2) is 8.44. The summed E-state index contributed by atoms with van der Waals surface area (Å²) in [6.45, 7) is 3.98. The molecule has 3 N–H and O–H groups in total. The average molecular weight is 311 g/mol. The molecule has 0 fully saturated rings. The Labute approximate surface area is 138 Å². The normalized spacial score (nSPS) is 13.3. The second-order valence-corrected chi connectivity index (χ2v) is 6.08. The SMILES string of the molecule is Cc1ccc(CC(NC(=O)CCC(C)N)c2ccccn2)cc1. The number of amides is 1. The first-order chi connectivity index (χ1) is 11.0. The Balaban J connectivity index is 2.09. The number of hydrogen-bond donors (Lipinski definition) is 2. The van der Waals surface area contributed by atoms with Gasteiger partial charge < -0.3 is 11.1 Å². The highest BCUT2D eigenvalue weighted by Crippen LogP contribution is 2.17. The molecular weight excluding hydrogens is 286 g/mol. The van der Waals surface area contributed by atoms with Crippen LogP contribution < -0.4 is 11.1 Å². The van der Waals surface area contributed by atoms with E-state index in [4.69, 9.17) is 5.73 Å². The third-order valence-corrected chi connectivity index (χ3v) is 3.77. The Hall–Kier alpha value is -2.20. The van der Waals surface area contributed by atoms with Crippen molar-refractivity contribution in [2.24, 2.45) is 5.73 Å². The fourth-order valence-corrected chi connectivity index (χ4v) is 2.40. The van der Waals surface area contributed by atoms with Crippen LogP contribution in [-0.2, 0) is 11.2 Å². The van der Waals surface area contributed by atoms with Gasteiger partial charge in [-0.1, -0.05) is 35.9 Å². The first kappa shape index (κ1) is 17.2. The van der Waals surface area contributed by atoms with Crippen LogP contribution in [0.15, 0.2) is 48.7 Å². The zero-order valence-electron chi connectivity index (χ0n) is 13.8. The van der Waals surface area contributed by atoms with Gasteiger partial charge in [0.2, 0.25) is 5.91 Å². The van der Waals surface area contributed by atoms with E-state index in [0.29, 0.717) is 12.8 Å². The summed E-state index contributed by atoms with van der Waals surface area (Å²) in [4.78, 5) is 16.6. The molecule has 4 nitrogen and oxygen atoms in total. The van der Waals surface area contributed by atoms with E-state index in [2.05, 4.69) is 41.5 Å². The van der Waals surface area contributed by atoms with Gasteiger partial charge in [0.05, 0.1) is 11.7 Å². The van der Waals surface area contributed by atoms with E-state index < -0.39 is 0 Å². The third-order valence-electron chi connectivity index (χ3n) is 3.77. The van der Waals surface area contributed by atoms with Crippen LogP contribution in [0.1, 0.15) is 42.6 Å². The molecule has 2 aromatic rings. The maximum Gasteiger partial charge on any atom is 0.220 e. The minimum Gasteiger partial charge on any atom is -0.347 e. The highest BCUT2D eigenvalue weighted by Gasteiger charge is 2.16. The third kappa shape index (κ3) is 5.83. The molecule has 0 radical (unpaired) electrons. The molecule has 1 amide bonds. The Bertz CT molecular complexity index is 608. The number of aromatic nitrogens is 1. The summed E-state index contributed by atoms with van der Waals surface area (Å²) in [5.41, 5.74) is 9.01. The van der Waals surface area contributed by atoms with Crippen LogP contribution >= 0.6 is 0 Å². The lowest BCUT2D eigenvalue weighted by Crippen LogP contribution is -2.31. The molecule has 0 aliphatic heterocycles. The van der Waals surface area contributed by atoms with Crippen LogP contribution in [0.2, 0.25) is 0 Å². The molecule has 1 aromatic carbocycles. The van der Waals surface area contributed by atoms with E-state index >= 15 is 0 Å². The lowest BCUT2D eigenvalue weighted by atomic mass is 10.0. The zero-order valence-corrected chi connectivity index (χ0v) is 13.8. The summed E-state index contributed by atoms with van der Waals surface area (Å²) >= 11 is 0. The summed E-state index contributed by atoms with van der Waals surface area (Å²) < 4.78 is 0. The molecule has 0 spiro atoms. The lowest BCUT2D eigenvalue weighted by molar-refractivity contribution is -0.122. The topological polar surface area (TPSA) is 68.0 Å². The van der Waals surface area contributed by atoms with Crippen molar-refractivity contribution >= 4 is 5.91 Å². The minimum atomic E-state index is -0.125. The molecule has 0 saturated carbocycles. The summed E-state index contributed by atoms with van der Waals surface area (Å²) in [5, 5.41) is 3.09. The predicted octanol–water partition coefficient (Wildman–Crippen LogP) is 2.92. The van der Waals surface area contributed by atoms with Crippen LogP contribution in [0.25, 0.3) is 0 Å². The first-order valence-corrected chi connectivity index (χ1v) is 8.06. The maximum atomic E-state index is 12.2. The van der Waals surface area contributed by atoms with Crippen molar-refractivity contribution in [3.8, 4) is 0 Å². The molecule has 122 valence electrons. The van der Waals surface area contributed by atoms with Crippen LogP contribution in [0.3, 0.4) is 0 Å². The number of pyridine rings is 1. The van der Waals surface area contributed by atoms with Crippen LogP contribution in [0.5, 0.6) is 0 Å². The van der Waals surface area contributed by atoms with Gasteiger partial charge >= 0.3 is 0 Å². The maximum absolute atomic E-state index is 12.2. The highest BCUT2D eigenvalue weighted by molar-refractivity contribution is 5.76. The number of hydrogen-bond acceptors (Lipinski definition) is 3. The molecular formula is C19H25N3O. The van der Waals surface area contributed by atoms with Gasteiger partial charge in [-0.2, -0.15) is 0 Å². The number of rotatable bonds is 7. The Morgan fingerprint density at radius 2 is 1.96 bits per heavy atom. The number of carbonyl (C=O) groups excluding carboxylic acids is 1. The number of aryl methyl sites for hydroxylation is 1. The monoisotopic (exact) mass is 311 g/mol. The molecule has 0 bridgehead atoms. The Morgan fingerprint density at radius 1 is 1.22 bits per heavy atom. The van der Waals surface area contributed by atoms with Crippen molar-refractivity contribution in [2.75, 3.05) is 0 Å². The van der Waals surface area contributed by atoms with Gasteiger partial charge in [-0.3, -0.25) is 9.78 Å². The first-order valence-electron chi connectivity index (χ1n) is 8.06. The van der Waals surface area contributed by atoms with Crippen LogP contribution in [0, 0.1) is 6.92 Å². The van der Waals surface area contributed by atoms with E-state index in [0.717, 1.165) is 12.1 Å². The molecule has 2 unspecified atom stereocenters. The molecule has 0 saturated heterocycles. The van der Waals surface area contributed by atoms with Gasteiger partial charge in [0, 0.05) is 18.7 Å². The van der Waals surface area contributed by atoms with Gasteiger partial charge in [-0.05, 0) is 44.4 Å². The van der Waals surface area contributed by atoms with Crippen molar-refractivity contribution in [3.63, 3.8) is 0 Å². The predicted molar refractivity (Wildman–Crippen MR) is 92.9 cm³/mol. The Morgan fingerprint density at radius 3 is 2.57 bits per heavy atom. The number of nitrogens with two attached hydrogens (primary N) is 1. The summed E-state index contributed by atoms with van der Waals surface area (Å²) in [7, 11) is 0.